The van der Waals surface area contributed by atoms with Gasteiger partial charge in [-0.3, -0.25) is 14.9 Å². The summed E-state index contributed by atoms with van der Waals surface area (Å²) in [5.74, 6) is 0.195. The predicted octanol–water partition coefficient (Wildman–Crippen LogP) is 4.99. The van der Waals surface area contributed by atoms with Crippen molar-refractivity contribution in [3.05, 3.63) is 101 Å². The number of carbonyl (C=O) groups is 1. The Balaban J connectivity index is 1.61. The quantitative estimate of drug-likeness (QED) is 0.293. The van der Waals surface area contributed by atoms with E-state index >= 15 is 0 Å². The van der Waals surface area contributed by atoms with Gasteiger partial charge in [-0.25, -0.2) is 0 Å². The molecule has 0 bridgehead atoms. The second kappa shape index (κ2) is 10.0. The number of nitro groups is 1. The van der Waals surface area contributed by atoms with Crippen LogP contribution < -0.4 is 9.64 Å². The van der Waals surface area contributed by atoms with Gasteiger partial charge in [0.1, 0.15) is 0 Å². The number of carbonyl (C=O) groups excluding carboxylic acids is 1. The normalized spacial score (nSPS) is 10.3. The zero-order valence-corrected chi connectivity index (χ0v) is 15.9. The molecule has 3 rings (SSSR count). The van der Waals surface area contributed by atoms with Gasteiger partial charge < -0.3 is 9.64 Å². The highest BCUT2D eigenvalue weighted by Crippen LogP contribution is 2.26. The molecule has 29 heavy (non-hydrogen) atoms. The minimum absolute atomic E-state index is 0.0220. The van der Waals surface area contributed by atoms with Gasteiger partial charge in [0.15, 0.2) is 5.75 Å². The lowest BCUT2D eigenvalue weighted by Crippen LogP contribution is -2.30. The van der Waals surface area contributed by atoms with Gasteiger partial charge in [-0.1, -0.05) is 60.7 Å². The van der Waals surface area contributed by atoms with Crippen molar-refractivity contribution in [3.63, 3.8) is 0 Å². The molecule has 3 aromatic carbocycles. The van der Waals surface area contributed by atoms with Gasteiger partial charge in [-0.05, 0) is 30.2 Å². The molecule has 0 aromatic heterocycles. The molecule has 0 aliphatic carbocycles. The largest absolute Gasteiger partial charge is 0.487 e. The van der Waals surface area contributed by atoms with Gasteiger partial charge in [0.25, 0.3) is 0 Å². The average molecular weight is 390 g/mol. The highest BCUT2D eigenvalue weighted by molar-refractivity contribution is 5.93. The minimum atomic E-state index is -0.475. The summed E-state index contributed by atoms with van der Waals surface area (Å²) in [6, 6.07) is 25.6. The molecule has 0 atom stereocenters. The molecule has 3 aromatic rings. The van der Waals surface area contributed by atoms with Gasteiger partial charge in [-0.15, -0.1) is 0 Å². The van der Waals surface area contributed by atoms with Crippen LogP contribution in [0.15, 0.2) is 84.9 Å². The highest BCUT2D eigenvalue weighted by Gasteiger charge is 2.17. The summed E-state index contributed by atoms with van der Waals surface area (Å²) in [4.78, 5) is 25.2. The first kappa shape index (κ1) is 20.1. The van der Waals surface area contributed by atoms with Gasteiger partial charge in [0.05, 0.1) is 18.1 Å². The molecule has 0 N–H and O–H groups in total. The number of ether oxygens (including phenoxy) is 1. The number of rotatable bonds is 9. The number of para-hydroxylation sites is 3. The third-order valence-corrected chi connectivity index (χ3v) is 4.41. The van der Waals surface area contributed by atoms with Crippen LogP contribution in [-0.4, -0.2) is 17.4 Å². The van der Waals surface area contributed by atoms with Gasteiger partial charge in [0.2, 0.25) is 5.91 Å². The Morgan fingerprint density at radius 2 is 1.52 bits per heavy atom. The Morgan fingerprint density at radius 1 is 0.897 bits per heavy atom. The smallest absolute Gasteiger partial charge is 0.310 e. The minimum Gasteiger partial charge on any atom is -0.487 e. The Hall–Kier alpha value is -3.67. The SMILES string of the molecule is O=C(CCCOc1ccccc1[N+](=O)[O-])N(Cc1ccccc1)c1ccccc1. The van der Waals surface area contributed by atoms with Crippen LogP contribution >= 0.6 is 0 Å². The monoisotopic (exact) mass is 390 g/mol. The van der Waals surface area contributed by atoms with Crippen molar-refractivity contribution in [2.45, 2.75) is 19.4 Å². The summed E-state index contributed by atoms with van der Waals surface area (Å²) >= 11 is 0. The number of hydrogen-bond donors (Lipinski definition) is 0. The molecule has 0 saturated carbocycles. The zero-order chi connectivity index (χ0) is 20.5. The summed E-state index contributed by atoms with van der Waals surface area (Å²) in [5, 5.41) is 11.0. The van der Waals surface area contributed by atoms with Crippen molar-refractivity contribution < 1.29 is 14.5 Å². The maximum atomic E-state index is 12.9. The van der Waals surface area contributed by atoms with Crippen molar-refractivity contribution in [3.8, 4) is 5.75 Å². The lowest BCUT2D eigenvalue weighted by atomic mass is 10.1. The lowest BCUT2D eigenvalue weighted by molar-refractivity contribution is -0.385. The van der Waals surface area contributed by atoms with E-state index in [-0.39, 0.29) is 30.4 Å². The molecule has 6 heteroatoms. The molecule has 0 heterocycles. The molecule has 6 nitrogen and oxygen atoms in total. The number of nitro benzene ring substituents is 1. The zero-order valence-electron chi connectivity index (χ0n) is 15.9. The Morgan fingerprint density at radius 3 is 2.21 bits per heavy atom. The first-order chi connectivity index (χ1) is 14.1. The third kappa shape index (κ3) is 5.65. The van der Waals surface area contributed by atoms with Crippen LogP contribution in [0, 0.1) is 10.1 Å². The van der Waals surface area contributed by atoms with Crippen LogP contribution in [0.3, 0.4) is 0 Å². The summed E-state index contributed by atoms with van der Waals surface area (Å²) in [5.41, 5.74) is 1.80. The van der Waals surface area contributed by atoms with Crippen molar-refractivity contribution in [2.75, 3.05) is 11.5 Å². The summed E-state index contributed by atoms with van der Waals surface area (Å²) in [6.07, 6.45) is 0.741. The van der Waals surface area contributed by atoms with E-state index in [0.29, 0.717) is 13.0 Å². The van der Waals surface area contributed by atoms with E-state index in [4.69, 9.17) is 4.74 Å². The lowest BCUT2D eigenvalue weighted by Gasteiger charge is -2.23. The number of nitrogens with zero attached hydrogens (tertiary/aromatic N) is 2. The Kier molecular flexibility index (Phi) is 6.95. The Labute approximate surface area is 169 Å². The molecule has 0 aliphatic heterocycles. The molecule has 0 unspecified atom stereocenters. The topological polar surface area (TPSA) is 72.7 Å². The fraction of sp³-hybridized carbons (Fsp3) is 0.174. The van der Waals surface area contributed by atoms with Crippen LogP contribution in [0.2, 0.25) is 0 Å². The van der Waals surface area contributed by atoms with E-state index in [0.717, 1.165) is 11.3 Å². The molecule has 148 valence electrons. The summed E-state index contributed by atoms with van der Waals surface area (Å²) in [6.45, 7) is 0.708. The van der Waals surface area contributed by atoms with Crippen molar-refractivity contribution in [2.24, 2.45) is 0 Å². The van der Waals surface area contributed by atoms with E-state index in [1.165, 1.54) is 6.07 Å². The van der Waals surface area contributed by atoms with Crippen molar-refractivity contribution in [1.82, 2.24) is 0 Å². The third-order valence-electron chi connectivity index (χ3n) is 4.41. The summed E-state index contributed by atoms with van der Waals surface area (Å²) < 4.78 is 5.54. The van der Waals surface area contributed by atoms with E-state index in [9.17, 15) is 14.9 Å². The number of hydrogen-bond acceptors (Lipinski definition) is 4. The average Bonchev–Trinajstić information content (AvgIpc) is 2.76. The van der Waals surface area contributed by atoms with E-state index in [2.05, 4.69) is 0 Å². The highest BCUT2D eigenvalue weighted by atomic mass is 16.6. The maximum absolute atomic E-state index is 12.9. The van der Waals surface area contributed by atoms with E-state index < -0.39 is 4.92 Å². The molecule has 0 spiro atoms. The van der Waals surface area contributed by atoms with Crippen molar-refractivity contribution in [1.29, 1.82) is 0 Å². The fourth-order valence-corrected chi connectivity index (χ4v) is 2.97. The second-order valence-corrected chi connectivity index (χ2v) is 6.48. The van der Waals surface area contributed by atoms with Crippen LogP contribution in [0.25, 0.3) is 0 Å². The van der Waals surface area contributed by atoms with Gasteiger partial charge >= 0.3 is 5.69 Å². The Bertz CT molecular complexity index is 945. The number of amides is 1. The van der Waals surface area contributed by atoms with Crippen LogP contribution in [0.1, 0.15) is 18.4 Å². The van der Waals surface area contributed by atoms with Gasteiger partial charge in [0, 0.05) is 18.2 Å². The molecule has 0 saturated heterocycles. The molecular weight excluding hydrogens is 368 g/mol. The molecule has 0 aliphatic rings. The fourth-order valence-electron chi connectivity index (χ4n) is 2.97. The second-order valence-electron chi connectivity index (χ2n) is 6.48. The van der Waals surface area contributed by atoms with Gasteiger partial charge in [-0.2, -0.15) is 0 Å². The van der Waals surface area contributed by atoms with Crippen LogP contribution in [-0.2, 0) is 11.3 Å². The first-order valence-corrected chi connectivity index (χ1v) is 9.40. The maximum Gasteiger partial charge on any atom is 0.310 e. The van der Waals surface area contributed by atoms with Crippen LogP contribution in [0.5, 0.6) is 5.75 Å². The number of benzene rings is 3. The molecule has 1 amide bonds. The predicted molar refractivity (Wildman–Crippen MR) is 112 cm³/mol. The van der Waals surface area contributed by atoms with E-state index in [1.807, 2.05) is 60.7 Å². The first-order valence-electron chi connectivity index (χ1n) is 9.40. The molecule has 0 radical (unpaired) electrons. The van der Waals surface area contributed by atoms with E-state index in [1.54, 1.807) is 23.1 Å². The molecule has 0 fully saturated rings. The van der Waals surface area contributed by atoms with Crippen LogP contribution in [0.4, 0.5) is 11.4 Å². The number of anilines is 1. The standard InChI is InChI=1S/C23H22N2O4/c26-23(16-9-17-29-22-15-8-7-14-21(22)25(27)28)24(20-12-5-2-6-13-20)18-19-10-3-1-4-11-19/h1-8,10-15H,9,16-18H2. The summed E-state index contributed by atoms with van der Waals surface area (Å²) in [7, 11) is 0. The molecular formula is C23H22N2O4. The van der Waals surface area contributed by atoms with Crippen molar-refractivity contribution >= 4 is 17.3 Å².